The Labute approximate surface area is 129 Å². The average molecular weight is 300 g/mol. The molecule has 1 saturated carbocycles. The second-order valence-electron chi connectivity index (χ2n) is 8.07. The van der Waals surface area contributed by atoms with Gasteiger partial charge in [0.2, 0.25) is 0 Å². The molecule has 0 saturated heterocycles. The summed E-state index contributed by atoms with van der Waals surface area (Å²) in [6.45, 7) is 12.3. The number of carbonyl (C=O) groups excluding carboxylic acids is 1. The van der Waals surface area contributed by atoms with Gasteiger partial charge in [0, 0.05) is 7.05 Å². The predicted molar refractivity (Wildman–Crippen MR) is 85.3 cm³/mol. The van der Waals surface area contributed by atoms with Crippen molar-refractivity contribution in [3.05, 3.63) is 0 Å². The van der Waals surface area contributed by atoms with Gasteiger partial charge in [-0.2, -0.15) is 4.79 Å². The van der Waals surface area contributed by atoms with Gasteiger partial charge in [0.1, 0.15) is 11.6 Å². The van der Waals surface area contributed by atoms with Crippen LogP contribution in [-0.4, -0.2) is 35.0 Å². The first kappa shape index (κ1) is 18.4. The summed E-state index contributed by atoms with van der Waals surface area (Å²) in [6.07, 6.45) is 5.33. The van der Waals surface area contributed by atoms with E-state index >= 15 is 0 Å². The topological polar surface area (TPSA) is 50.4 Å². The van der Waals surface area contributed by atoms with E-state index < -0.39 is 0 Å². The third kappa shape index (κ3) is 4.66. The lowest BCUT2D eigenvalue weighted by atomic mass is 9.98. The van der Waals surface area contributed by atoms with Crippen LogP contribution in [0.5, 0.6) is 0 Å². The average Bonchev–Trinajstić information content (AvgIpc) is 2.34. The molecule has 1 fully saturated rings. The Hall–Kier alpha value is -0.650. The summed E-state index contributed by atoms with van der Waals surface area (Å²) >= 11 is 0. The van der Waals surface area contributed by atoms with Crippen LogP contribution in [-0.2, 0) is 4.74 Å². The highest BCUT2D eigenvalue weighted by atomic mass is 16.6. The number of amides is 1. The van der Waals surface area contributed by atoms with Crippen LogP contribution >= 0.6 is 0 Å². The van der Waals surface area contributed by atoms with E-state index in [1.807, 2.05) is 20.8 Å². The Morgan fingerprint density at radius 1 is 1.05 bits per heavy atom. The first-order chi connectivity index (χ1) is 9.52. The van der Waals surface area contributed by atoms with Crippen molar-refractivity contribution in [2.75, 3.05) is 7.05 Å². The van der Waals surface area contributed by atoms with Crippen molar-refractivity contribution < 1.29 is 14.2 Å². The molecular weight excluding hydrogens is 266 g/mol. The fourth-order valence-corrected chi connectivity index (χ4v) is 2.88. The Kier molecular flexibility index (Phi) is 5.81. The van der Waals surface area contributed by atoms with Crippen molar-refractivity contribution in [1.29, 1.82) is 0 Å². The van der Waals surface area contributed by atoms with Crippen LogP contribution in [0.15, 0.2) is 0 Å². The maximum atomic E-state index is 12.9. The maximum absolute atomic E-state index is 12.9. The normalized spacial score (nSPS) is 20.9. The van der Waals surface area contributed by atoms with Crippen molar-refractivity contribution in [2.45, 2.75) is 90.8 Å². The van der Waals surface area contributed by atoms with E-state index in [2.05, 4.69) is 31.6 Å². The van der Waals surface area contributed by atoms with Crippen LogP contribution in [0.2, 0.25) is 0 Å². The molecule has 21 heavy (non-hydrogen) atoms. The van der Waals surface area contributed by atoms with E-state index in [4.69, 9.17) is 4.74 Å². The summed E-state index contributed by atoms with van der Waals surface area (Å²) in [4.78, 5) is 12.9. The Balaban J connectivity index is 2.96. The molecule has 0 aromatic rings. The van der Waals surface area contributed by atoms with Crippen molar-refractivity contribution in [3.63, 3.8) is 0 Å². The summed E-state index contributed by atoms with van der Waals surface area (Å²) in [5.41, 5.74) is 5.97. The lowest BCUT2D eigenvalue weighted by molar-refractivity contribution is -0.987. The number of hydrogen-bond acceptors (Lipinski definition) is 4. The lowest BCUT2D eigenvalue weighted by Crippen LogP contribution is -2.79. The molecule has 0 aliphatic heterocycles. The molecule has 0 aromatic carbocycles. The van der Waals surface area contributed by atoms with E-state index in [0.29, 0.717) is 0 Å². The molecule has 0 bridgehead atoms. The molecule has 1 atom stereocenters. The highest BCUT2D eigenvalue weighted by Crippen LogP contribution is 2.27. The molecule has 1 aliphatic rings. The van der Waals surface area contributed by atoms with Gasteiger partial charge < -0.3 is 4.74 Å². The zero-order valence-corrected chi connectivity index (χ0v) is 14.9. The fraction of sp³-hybridized carbons (Fsp3) is 0.938. The molecule has 0 spiro atoms. The van der Waals surface area contributed by atoms with Gasteiger partial charge in [-0.05, 0) is 67.2 Å². The Bertz CT molecular complexity index is 352. The minimum Gasteiger partial charge on any atom is -0.414 e. The van der Waals surface area contributed by atoms with Gasteiger partial charge in [-0.25, -0.2) is 0 Å². The van der Waals surface area contributed by atoms with Crippen molar-refractivity contribution in [1.82, 2.24) is 10.9 Å². The van der Waals surface area contributed by atoms with Crippen LogP contribution < -0.4 is 10.9 Å². The van der Waals surface area contributed by atoms with E-state index in [0.717, 1.165) is 25.7 Å². The van der Waals surface area contributed by atoms with Crippen LogP contribution in [0, 0.1) is 0 Å². The van der Waals surface area contributed by atoms with Gasteiger partial charge in [-0.3, -0.25) is 0 Å². The van der Waals surface area contributed by atoms with Crippen molar-refractivity contribution >= 4 is 6.09 Å². The molecule has 0 aromatic heterocycles. The third-order valence-corrected chi connectivity index (χ3v) is 3.94. The first-order valence-electron chi connectivity index (χ1n) is 8.10. The Morgan fingerprint density at radius 3 is 1.95 bits per heavy atom. The van der Waals surface area contributed by atoms with Crippen LogP contribution in [0.4, 0.5) is 4.79 Å². The van der Waals surface area contributed by atoms with Gasteiger partial charge in [-0.1, -0.05) is 11.1 Å². The van der Waals surface area contributed by atoms with E-state index in [-0.39, 0.29) is 28.0 Å². The molecule has 5 heteroatoms. The van der Waals surface area contributed by atoms with Crippen LogP contribution in [0.25, 0.3) is 0 Å². The molecular formula is C16H34N3O2+. The van der Waals surface area contributed by atoms with Gasteiger partial charge in [-0.15, -0.1) is 10.9 Å². The summed E-state index contributed by atoms with van der Waals surface area (Å²) in [5.74, 6) is 0. The quantitative estimate of drug-likeness (QED) is 0.618. The summed E-state index contributed by atoms with van der Waals surface area (Å²) in [5, 5.41) is 0. The fourth-order valence-electron chi connectivity index (χ4n) is 2.88. The standard InChI is InChI=1S/C16H34N3O2/c1-15(2,3)18-19(17-7,16(4,5)6)14(20)21-13-11-9-8-10-12-13/h13,17-18H,8-12H2,1-7H3/q+1. The zero-order chi connectivity index (χ0) is 16.3. The molecule has 1 unspecified atom stereocenters. The van der Waals surface area contributed by atoms with Gasteiger partial charge in [0.05, 0.1) is 5.54 Å². The molecule has 0 radical (unpaired) electrons. The molecule has 2 N–H and O–H groups in total. The molecule has 0 heterocycles. The molecule has 1 amide bonds. The number of hydrogen-bond donors (Lipinski definition) is 2. The number of ether oxygens (including phenoxy) is 1. The van der Waals surface area contributed by atoms with Crippen LogP contribution in [0.3, 0.4) is 0 Å². The van der Waals surface area contributed by atoms with Crippen molar-refractivity contribution in [3.8, 4) is 0 Å². The highest BCUT2D eigenvalue weighted by molar-refractivity contribution is 5.60. The lowest BCUT2D eigenvalue weighted by Gasteiger charge is -2.45. The van der Waals surface area contributed by atoms with Gasteiger partial charge >= 0.3 is 6.09 Å². The smallest absolute Gasteiger partial charge is 0.414 e. The van der Waals surface area contributed by atoms with Gasteiger partial charge in [0.25, 0.3) is 0 Å². The molecule has 5 nitrogen and oxygen atoms in total. The second-order valence-corrected chi connectivity index (χ2v) is 8.07. The van der Waals surface area contributed by atoms with Crippen LogP contribution in [0.1, 0.15) is 73.6 Å². The summed E-state index contributed by atoms with van der Waals surface area (Å²) in [6, 6.07) is 0. The molecule has 124 valence electrons. The number of carbonyl (C=O) groups is 1. The molecule has 1 rings (SSSR count). The third-order valence-electron chi connectivity index (χ3n) is 3.94. The largest absolute Gasteiger partial charge is 0.557 e. The van der Waals surface area contributed by atoms with Gasteiger partial charge in [0.15, 0.2) is 0 Å². The van der Waals surface area contributed by atoms with E-state index in [1.165, 1.54) is 6.42 Å². The van der Waals surface area contributed by atoms with E-state index in [1.54, 1.807) is 7.05 Å². The summed E-state index contributed by atoms with van der Waals surface area (Å²) in [7, 11) is 1.80. The zero-order valence-electron chi connectivity index (χ0n) is 14.9. The second kappa shape index (κ2) is 6.63. The molecule has 1 aliphatic carbocycles. The number of nitrogens with zero attached hydrogens (tertiary/aromatic N) is 1. The summed E-state index contributed by atoms with van der Waals surface area (Å²) < 4.78 is 5.74. The number of quaternary nitrogens is 1. The minimum atomic E-state index is -0.367. The highest BCUT2D eigenvalue weighted by Gasteiger charge is 2.52. The predicted octanol–water partition coefficient (Wildman–Crippen LogP) is 3.51. The minimum absolute atomic E-state index is 0.0567. The monoisotopic (exact) mass is 300 g/mol. The number of rotatable bonds is 3. The maximum Gasteiger partial charge on any atom is 0.557 e. The first-order valence-corrected chi connectivity index (χ1v) is 8.10. The SMILES string of the molecule is CN[N+](NC(C)(C)C)(C(=O)OC1CCCCC1)C(C)(C)C. The Morgan fingerprint density at radius 2 is 1.57 bits per heavy atom. The van der Waals surface area contributed by atoms with E-state index in [9.17, 15) is 4.79 Å². The number of nitrogens with one attached hydrogen (secondary N) is 2. The van der Waals surface area contributed by atoms with Crippen molar-refractivity contribution in [2.24, 2.45) is 0 Å².